The molecule has 2 saturated heterocycles. The second-order valence-corrected chi connectivity index (χ2v) is 8.44. The van der Waals surface area contributed by atoms with Crippen LogP contribution in [0.4, 0.5) is 10.5 Å². The minimum atomic E-state index is 0.0755. The molecule has 1 aromatic rings. The number of carbonyl (C=O) groups excluding carboxylic acids is 1. The van der Waals surface area contributed by atoms with Gasteiger partial charge in [0, 0.05) is 61.6 Å². The van der Waals surface area contributed by atoms with E-state index in [-0.39, 0.29) is 17.6 Å². The number of likely N-dealkylation sites (tertiary alicyclic amines) is 1. The van der Waals surface area contributed by atoms with E-state index >= 15 is 0 Å². The van der Waals surface area contributed by atoms with Crippen molar-refractivity contribution in [1.29, 1.82) is 0 Å². The van der Waals surface area contributed by atoms with Gasteiger partial charge in [0.25, 0.3) is 0 Å². The highest BCUT2D eigenvalue weighted by molar-refractivity contribution is 6.30. The molecule has 3 rings (SSSR count). The van der Waals surface area contributed by atoms with E-state index in [2.05, 4.69) is 42.0 Å². The molecule has 1 aromatic carbocycles. The van der Waals surface area contributed by atoms with Crippen molar-refractivity contribution in [3.63, 3.8) is 0 Å². The van der Waals surface area contributed by atoms with Gasteiger partial charge in [-0.3, -0.25) is 4.90 Å². The van der Waals surface area contributed by atoms with Crippen molar-refractivity contribution in [2.75, 3.05) is 44.2 Å². The largest absolute Gasteiger partial charge is 0.368 e. The van der Waals surface area contributed by atoms with E-state index in [9.17, 15) is 4.79 Å². The van der Waals surface area contributed by atoms with E-state index in [0.717, 1.165) is 56.4 Å². The summed E-state index contributed by atoms with van der Waals surface area (Å²) < 4.78 is 0. The number of amides is 2. The minimum absolute atomic E-state index is 0.0755. The first-order chi connectivity index (χ1) is 11.8. The SMILES string of the molecule is CC(C)(C)N1CC[C@H](NC(=O)N2CCN(c3cccc(Cl)c3)CC2)C1. The molecular formula is C19H29ClN4O. The molecule has 0 spiro atoms. The number of urea groups is 1. The number of rotatable bonds is 2. The fraction of sp³-hybridized carbons (Fsp3) is 0.632. The summed E-state index contributed by atoms with van der Waals surface area (Å²) in [5, 5.41) is 3.97. The second-order valence-electron chi connectivity index (χ2n) is 8.01. The Bertz CT molecular complexity index is 608. The summed E-state index contributed by atoms with van der Waals surface area (Å²) >= 11 is 6.08. The third kappa shape index (κ3) is 4.59. The van der Waals surface area contributed by atoms with Gasteiger partial charge in [0.05, 0.1) is 0 Å². The zero-order valence-electron chi connectivity index (χ0n) is 15.5. The predicted molar refractivity (Wildman–Crippen MR) is 104 cm³/mol. The standard InChI is InChI=1S/C19H29ClN4O/c1-19(2,3)24-8-7-16(14-24)21-18(25)23-11-9-22(10-12-23)17-6-4-5-15(20)13-17/h4-6,13,16H,7-12,14H2,1-3H3,(H,21,25)/t16-/m0/s1. The molecule has 0 aliphatic carbocycles. The molecule has 0 unspecified atom stereocenters. The van der Waals surface area contributed by atoms with Crippen LogP contribution in [0.2, 0.25) is 5.02 Å². The summed E-state index contributed by atoms with van der Waals surface area (Å²) in [7, 11) is 0. The quantitative estimate of drug-likeness (QED) is 0.876. The molecule has 0 radical (unpaired) electrons. The third-order valence-corrected chi connectivity index (χ3v) is 5.44. The lowest BCUT2D eigenvalue weighted by molar-refractivity contribution is 0.166. The van der Waals surface area contributed by atoms with Gasteiger partial charge in [-0.1, -0.05) is 17.7 Å². The number of halogens is 1. The first-order valence-electron chi connectivity index (χ1n) is 9.14. The molecule has 25 heavy (non-hydrogen) atoms. The van der Waals surface area contributed by atoms with E-state index < -0.39 is 0 Å². The van der Waals surface area contributed by atoms with Crippen LogP contribution in [-0.2, 0) is 0 Å². The number of carbonyl (C=O) groups is 1. The Hall–Kier alpha value is -1.46. The smallest absolute Gasteiger partial charge is 0.317 e. The summed E-state index contributed by atoms with van der Waals surface area (Å²) in [6.07, 6.45) is 1.03. The van der Waals surface area contributed by atoms with Gasteiger partial charge in [0.15, 0.2) is 0 Å². The van der Waals surface area contributed by atoms with Gasteiger partial charge in [0.1, 0.15) is 0 Å². The van der Waals surface area contributed by atoms with Crippen LogP contribution in [0.1, 0.15) is 27.2 Å². The second kappa shape index (κ2) is 7.42. The number of anilines is 1. The number of piperazine rings is 1. The summed E-state index contributed by atoms with van der Waals surface area (Å²) in [6, 6.07) is 8.25. The molecule has 1 atom stereocenters. The normalized spacial score (nSPS) is 22.3. The molecular weight excluding hydrogens is 336 g/mol. The Morgan fingerprint density at radius 1 is 1.16 bits per heavy atom. The van der Waals surface area contributed by atoms with Crippen molar-refractivity contribution in [3.8, 4) is 0 Å². The van der Waals surface area contributed by atoms with Gasteiger partial charge in [-0.15, -0.1) is 0 Å². The number of hydrogen-bond acceptors (Lipinski definition) is 3. The number of nitrogens with one attached hydrogen (secondary N) is 1. The Balaban J connectivity index is 1.47. The van der Waals surface area contributed by atoms with E-state index in [0.29, 0.717) is 0 Å². The molecule has 2 aliphatic rings. The van der Waals surface area contributed by atoms with E-state index in [1.165, 1.54) is 0 Å². The summed E-state index contributed by atoms with van der Waals surface area (Å²) in [5.41, 5.74) is 1.30. The summed E-state index contributed by atoms with van der Waals surface area (Å²) in [4.78, 5) is 19.2. The highest BCUT2D eigenvalue weighted by Gasteiger charge is 2.32. The lowest BCUT2D eigenvalue weighted by Crippen LogP contribution is -2.54. The van der Waals surface area contributed by atoms with Crippen LogP contribution in [0.3, 0.4) is 0 Å². The van der Waals surface area contributed by atoms with Crippen LogP contribution in [0.5, 0.6) is 0 Å². The highest BCUT2D eigenvalue weighted by Crippen LogP contribution is 2.22. The van der Waals surface area contributed by atoms with Crippen molar-refractivity contribution in [3.05, 3.63) is 29.3 Å². The van der Waals surface area contributed by atoms with Crippen LogP contribution in [-0.4, -0.2) is 66.7 Å². The van der Waals surface area contributed by atoms with Crippen molar-refractivity contribution in [1.82, 2.24) is 15.1 Å². The fourth-order valence-electron chi connectivity index (χ4n) is 3.59. The van der Waals surface area contributed by atoms with Crippen LogP contribution in [0, 0.1) is 0 Å². The molecule has 138 valence electrons. The molecule has 0 bridgehead atoms. The van der Waals surface area contributed by atoms with Gasteiger partial charge in [0.2, 0.25) is 0 Å². The highest BCUT2D eigenvalue weighted by atomic mass is 35.5. The molecule has 2 amide bonds. The zero-order valence-corrected chi connectivity index (χ0v) is 16.2. The van der Waals surface area contributed by atoms with Crippen molar-refractivity contribution < 1.29 is 4.79 Å². The van der Waals surface area contributed by atoms with E-state index in [1.54, 1.807) is 0 Å². The first kappa shape index (κ1) is 18.3. The zero-order chi connectivity index (χ0) is 18.0. The van der Waals surface area contributed by atoms with Gasteiger partial charge >= 0.3 is 6.03 Å². The Morgan fingerprint density at radius 2 is 1.88 bits per heavy atom. The molecule has 2 aliphatic heterocycles. The topological polar surface area (TPSA) is 38.8 Å². The minimum Gasteiger partial charge on any atom is -0.368 e. The molecule has 2 heterocycles. The molecule has 0 saturated carbocycles. The summed E-state index contributed by atoms with van der Waals surface area (Å²) in [5.74, 6) is 0. The van der Waals surface area contributed by atoms with E-state index in [1.807, 2.05) is 23.1 Å². The molecule has 0 aromatic heterocycles. The lowest BCUT2D eigenvalue weighted by atomic mass is 10.1. The maximum Gasteiger partial charge on any atom is 0.317 e. The Labute approximate surface area is 155 Å². The van der Waals surface area contributed by atoms with Gasteiger partial charge in [-0.05, 0) is 45.4 Å². The lowest BCUT2D eigenvalue weighted by Gasteiger charge is -2.36. The van der Waals surface area contributed by atoms with E-state index in [4.69, 9.17) is 11.6 Å². The van der Waals surface area contributed by atoms with Crippen LogP contribution < -0.4 is 10.2 Å². The molecule has 2 fully saturated rings. The Morgan fingerprint density at radius 3 is 2.48 bits per heavy atom. The number of benzene rings is 1. The average Bonchev–Trinajstić information content (AvgIpc) is 3.04. The molecule has 6 heteroatoms. The number of hydrogen-bond donors (Lipinski definition) is 1. The van der Waals surface area contributed by atoms with Gasteiger partial charge < -0.3 is 15.1 Å². The molecule has 1 N–H and O–H groups in total. The fourth-order valence-corrected chi connectivity index (χ4v) is 3.78. The average molecular weight is 365 g/mol. The van der Waals surface area contributed by atoms with Crippen LogP contribution in [0.15, 0.2) is 24.3 Å². The monoisotopic (exact) mass is 364 g/mol. The van der Waals surface area contributed by atoms with Crippen LogP contribution >= 0.6 is 11.6 Å². The third-order valence-electron chi connectivity index (χ3n) is 5.20. The van der Waals surface area contributed by atoms with Crippen molar-refractivity contribution in [2.24, 2.45) is 0 Å². The number of nitrogens with zero attached hydrogens (tertiary/aromatic N) is 3. The maximum absolute atomic E-state index is 12.6. The first-order valence-corrected chi connectivity index (χ1v) is 9.52. The summed E-state index contributed by atoms with van der Waals surface area (Å²) in [6.45, 7) is 11.8. The Kier molecular flexibility index (Phi) is 5.44. The maximum atomic E-state index is 12.6. The van der Waals surface area contributed by atoms with Gasteiger partial charge in [-0.25, -0.2) is 4.79 Å². The van der Waals surface area contributed by atoms with Crippen LogP contribution in [0.25, 0.3) is 0 Å². The predicted octanol–water partition coefficient (Wildman–Crippen LogP) is 3.04. The van der Waals surface area contributed by atoms with Gasteiger partial charge in [-0.2, -0.15) is 0 Å². The van der Waals surface area contributed by atoms with Crippen molar-refractivity contribution >= 4 is 23.3 Å². The van der Waals surface area contributed by atoms with Crippen molar-refractivity contribution in [2.45, 2.75) is 38.8 Å². The molecule has 5 nitrogen and oxygen atoms in total.